The van der Waals surface area contributed by atoms with E-state index in [4.69, 9.17) is 5.10 Å². The summed E-state index contributed by atoms with van der Waals surface area (Å²) in [7, 11) is 0. The molecule has 0 spiro atoms. The van der Waals surface area contributed by atoms with E-state index in [-0.39, 0.29) is 6.42 Å². The van der Waals surface area contributed by atoms with Crippen LogP contribution >= 0.6 is 0 Å². The molecule has 2 fully saturated rings. The van der Waals surface area contributed by atoms with E-state index in [1.165, 1.54) is 0 Å². The first-order chi connectivity index (χ1) is 15.6. The van der Waals surface area contributed by atoms with Gasteiger partial charge < -0.3 is 0 Å². The fourth-order valence-corrected chi connectivity index (χ4v) is 4.63. The van der Waals surface area contributed by atoms with E-state index in [1.807, 2.05) is 24.3 Å². The first-order valence-electron chi connectivity index (χ1n) is 10.7. The number of likely N-dealkylation sites (tertiary alicyclic amines) is 1. The molecule has 32 heavy (non-hydrogen) atoms. The van der Waals surface area contributed by atoms with Crippen molar-refractivity contribution < 1.29 is 4.39 Å². The Morgan fingerprint density at radius 3 is 2.81 bits per heavy atom. The minimum atomic E-state index is -1.04. The van der Waals surface area contributed by atoms with Gasteiger partial charge in [-0.25, -0.2) is 4.39 Å². The second-order valence-corrected chi connectivity index (χ2v) is 8.94. The Labute approximate surface area is 183 Å². The van der Waals surface area contributed by atoms with Crippen molar-refractivity contribution in [1.29, 1.82) is 5.26 Å². The average Bonchev–Trinajstić information content (AvgIpc) is 3.19. The Bertz CT molecular complexity index is 1330. The molecule has 1 N–H and O–H groups in total. The second kappa shape index (κ2) is 6.93. The number of benzene rings is 1. The summed E-state index contributed by atoms with van der Waals surface area (Å²) in [6.45, 7) is 1.59. The number of rotatable bonds is 6. The molecule has 0 unspecified atom stereocenters. The van der Waals surface area contributed by atoms with Gasteiger partial charge in [0.25, 0.3) is 0 Å². The lowest BCUT2D eigenvalue weighted by atomic mass is 9.87. The third-order valence-electron chi connectivity index (χ3n) is 6.47. The van der Waals surface area contributed by atoms with Gasteiger partial charge in [0.2, 0.25) is 0 Å². The van der Waals surface area contributed by atoms with Gasteiger partial charge in [-0.2, -0.15) is 25.4 Å². The highest BCUT2D eigenvalue weighted by molar-refractivity contribution is 5.96. The lowest BCUT2D eigenvalue weighted by molar-refractivity contribution is -0.0222. The number of aromatic amines is 1. The summed E-state index contributed by atoms with van der Waals surface area (Å²) >= 11 is 0. The summed E-state index contributed by atoms with van der Waals surface area (Å²) in [5, 5.41) is 26.8. The zero-order valence-electron chi connectivity index (χ0n) is 17.4. The second-order valence-electron chi connectivity index (χ2n) is 8.94. The van der Waals surface area contributed by atoms with Gasteiger partial charge >= 0.3 is 0 Å². The highest BCUT2D eigenvalue weighted by Crippen LogP contribution is 2.43. The maximum atomic E-state index is 14.2. The third-order valence-corrected chi connectivity index (χ3v) is 6.47. The number of fused-ring (bicyclic) bond motifs is 1. The van der Waals surface area contributed by atoms with Gasteiger partial charge in [0.15, 0.2) is 0 Å². The number of nitriles is 1. The molecule has 3 aromatic heterocycles. The molecule has 0 amide bonds. The Kier molecular flexibility index (Phi) is 4.13. The highest BCUT2D eigenvalue weighted by atomic mass is 19.1. The zero-order valence-corrected chi connectivity index (χ0v) is 17.4. The monoisotopic (exact) mass is 428 g/mol. The fraction of sp³-hybridized carbons (Fsp3) is 0.348. The SMILES string of the molecule is N#CCC1(n2ncc(-c3cc(-c4ccn[nH]4)cc4ncccc34)n2)CN(CC2(F)CC2)C1. The number of halogens is 1. The molecule has 1 aromatic carbocycles. The van der Waals surface area contributed by atoms with Crippen LogP contribution in [0.15, 0.2) is 48.9 Å². The van der Waals surface area contributed by atoms with Crippen LogP contribution in [0.2, 0.25) is 0 Å². The van der Waals surface area contributed by atoms with Crippen LogP contribution in [0.3, 0.4) is 0 Å². The van der Waals surface area contributed by atoms with Gasteiger partial charge in [0, 0.05) is 48.5 Å². The van der Waals surface area contributed by atoms with Crippen LogP contribution in [0, 0.1) is 11.3 Å². The molecular weight excluding hydrogens is 407 g/mol. The van der Waals surface area contributed by atoms with Crippen molar-refractivity contribution in [2.45, 2.75) is 30.5 Å². The van der Waals surface area contributed by atoms with Crippen molar-refractivity contribution in [3.8, 4) is 28.6 Å². The maximum absolute atomic E-state index is 14.2. The number of nitrogens with zero attached hydrogens (tertiary/aromatic N) is 7. The third kappa shape index (κ3) is 3.15. The van der Waals surface area contributed by atoms with E-state index in [0.717, 1.165) is 27.7 Å². The van der Waals surface area contributed by atoms with Crippen LogP contribution in [0.1, 0.15) is 19.3 Å². The van der Waals surface area contributed by atoms with Gasteiger partial charge in [0.05, 0.1) is 29.9 Å². The molecule has 4 heterocycles. The lowest BCUT2D eigenvalue weighted by Gasteiger charge is -2.48. The number of aromatic nitrogens is 6. The quantitative estimate of drug-likeness (QED) is 0.506. The van der Waals surface area contributed by atoms with E-state index < -0.39 is 11.2 Å². The molecule has 1 aliphatic carbocycles. The van der Waals surface area contributed by atoms with E-state index in [9.17, 15) is 9.65 Å². The van der Waals surface area contributed by atoms with Gasteiger partial charge in [0.1, 0.15) is 16.9 Å². The number of H-pyrrole nitrogens is 1. The topological polar surface area (TPSA) is 99.3 Å². The zero-order chi connectivity index (χ0) is 21.8. The maximum Gasteiger partial charge on any atom is 0.123 e. The van der Waals surface area contributed by atoms with Crippen molar-refractivity contribution >= 4 is 10.9 Å². The summed E-state index contributed by atoms with van der Waals surface area (Å²) < 4.78 is 14.2. The average molecular weight is 428 g/mol. The van der Waals surface area contributed by atoms with Gasteiger partial charge in [-0.1, -0.05) is 6.07 Å². The van der Waals surface area contributed by atoms with Crippen LogP contribution in [-0.4, -0.2) is 60.4 Å². The molecule has 6 rings (SSSR count). The standard InChI is InChI=1S/C23H21FN8/c24-22(4-5-22)13-31-14-23(15-31,6-7-25)32-28-12-21(30-32)18-10-16(19-3-9-27-29-19)11-20-17(18)2-1-8-26-20/h1-3,8-12H,4-6,13-15H2,(H,27,29). The molecule has 160 valence electrons. The summed E-state index contributed by atoms with van der Waals surface area (Å²) in [6, 6.07) is 12.2. The van der Waals surface area contributed by atoms with Crippen molar-refractivity contribution in [3.63, 3.8) is 0 Å². The van der Waals surface area contributed by atoms with Gasteiger partial charge in [-0.05, 0) is 37.1 Å². The molecule has 4 aromatic rings. The molecule has 8 nitrogen and oxygen atoms in total. The van der Waals surface area contributed by atoms with Crippen molar-refractivity contribution in [2.24, 2.45) is 0 Å². The molecule has 1 saturated heterocycles. The predicted octanol–water partition coefficient (Wildman–Crippen LogP) is 3.31. The Morgan fingerprint density at radius 1 is 1.19 bits per heavy atom. The van der Waals surface area contributed by atoms with Crippen molar-refractivity contribution in [3.05, 3.63) is 48.9 Å². The Hall–Kier alpha value is -3.64. The van der Waals surface area contributed by atoms with E-state index in [2.05, 4.69) is 37.3 Å². The number of pyridine rings is 1. The van der Waals surface area contributed by atoms with Crippen molar-refractivity contribution in [1.82, 2.24) is 35.1 Å². The molecule has 1 aliphatic heterocycles. The molecule has 0 atom stereocenters. The van der Waals surface area contributed by atoms with Crippen LogP contribution in [0.25, 0.3) is 33.4 Å². The molecular formula is C23H21FN8. The van der Waals surface area contributed by atoms with Crippen LogP contribution in [0.4, 0.5) is 4.39 Å². The van der Waals surface area contributed by atoms with Gasteiger partial charge in [-0.3, -0.25) is 15.0 Å². The summed E-state index contributed by atoms with van der Waals surface area (Å²) in [6.07, 6.45) is 6.76. The van der Waals surface area contributed by atoms with Crippen LogP contribution in [0.5, 0.6) is 0 Å². The molecule has 9 heteroatoms. The number of hydrogen-bond acceptors (Lipinski definition) is 6. The minimum absolute atomic E-state index is 0.285. The van der Waals surface area contributed by atoms with E-state index >= 15 is 0 Å². The number of hydrogen-bond donors (Lipinski definition) is 1. The first-order valence-corrected chi connectivity index (χ1v) is 10.7. The summed E-state index contributed by atoms with van der Waals surface area (Å²) in [5.41, 5.74) is 2.76. The van der Waals surface area contributed by atoms with Gasteiger partial charge in [-0.15, -0.1) is 0 Å². The molecule has 0 bridgehead atoms. The summed E-state index contributed by atoms with van der Waals surface area (Å²) in [4.78, 5) is 8.24. The molecule has 0 radical (unpaired) electrons. The fourth-order valence-electron chi connectivity index (χ4n) is 4.63. The lowest BCUT2D eigenvalue weighted by Crippen LogP contribution is -2.64. The highest BCUT2D eigenvalue weighted by Gasteiger charge is 2.52. The van der Waals surface area contributed by atoms with Crippen LogP contribution < -0.4 is 0 Å². The van der Waals surface area contributed by atoms with Crippen molar-refractivity contribution in [2.75, 3.05) is 19.6 Å². The molecule has 1 saturated carbocycles. The Morgan fingerprint density at radius 2 is 2.06 bits per heavy atom. The largest absolute Gasteiger partial charge is 0.295 e. The minimum Gasteiger partial charge on any atom is -0.295 e. The first kappa shape index (κ1) is 19.1. The van der Waals surface area contributed by atoms with Crippen LogP contribution in [-0.2, 0) is 5.54 Å². The van der Waals surface area contributed by atoms with E-state index in [1.54, 1.807) is 23.4 Å². The predicted molar refractivity (Wildman–Crippen MR) is 116 cm³/mol. The smallest absolute Gasteiger partial charge is 0.123 e. The number of nitrogens with one attached hydrogen (secondary N) is 1. The normalized spacial score (nSPS) is 18.9. The Balaban J connectivity index is 1.37. The summed E-state index contributed by atoms with van der Waals surface area (Å²) in [5.74, 6) is 0. The molecule has 2 aliphatic rings. The number of alkyl halides is 1. The van der Waals surface area contributed by atoms with E-state index in [0.29, 0.717) is 38.2 Å².